The molecule has 0 bridgehead atoms. The molecule has 0 saturated carbocycles. The SMILES string of the molecule is C/C=N/N(C)CC(C)C=CCC(C)C#N. The summed E-state index contributed by atoms with van der Waals surface area (Å²) >= 11 is 0. The maximum Gasteiger partial charge on any atom is 0.0656 e. The molecule has 2 atom stereocenters. The van der Waals surface area contributed by atoms with E-state index < -0.39 is 0 Å². The molecular weight excluding hydrogens is 186 g/mol. The van der Waals surface area contributed by atoms with E-state index in [0.717, 1.165) is 13.0 Å². The first-order valence-corrected chi connectivity index (χ1v) is 5.36. The van der Waals surface area contributed by atoms with Crippen LogP contribution in [0.15, 0.2) is 17.3 Å². The zero-order valence-corrected chi connectivity index (χ0v) is 10.1. The summed E-state index contributed by atoms with van der Waals surface area (Å²) in [4.78, 5) is 0. The van der Waals surface area contributed by atoms with E-state index >= 15 is 0 Å². The van der Waals surface area contributed by atoms with Crippen molar-refractivity contribution < 1.29 is 0 Å². The van der Waals surface area contributed by atoms with Crippen LogP contribution in [0.3, 0.4) is 0 Å². The van der Waals surface area contributed by atoms with Crippen LogP contribution in [0.5, 0.6) is 0 Å². The van der Waals surface area contributed by atoms with Crippen molar-refractivity contribution in [2.45, 2.75) is 27.2 Å². The van der Waals surface area contributed by atoms with E-state index in [1.807, 2.05) is 25.9 Å². The predicted octanol–water partition coefficient (Wildman–Crippen LogP) is 2.67. The first-order valence-electron chi connectivity index (χ1n) is 5.36. The van der Waals surface area contributed by atoms with E-state index in [9.17, 15) is 0 Å². The maximum atomic E-state index is 8.60. The maximum absolute atomic E-state index is 8.60. The molecule has 3 nitrogen and oxygen atoms in total. The second-order valence-electron chi connectivity index (χ2n) is 3.89. The van der Waals surface area contributed by atoms with Gasteiger partial charge in [0.05, 0.1) is 6.07 Å². The number of hydrogen-bond acceptors (Lipinski definition) is 3. The van der Waals surface area contributed by atoms with Gasteiger partial charge in [0.2, 0.25) is 0 Å². The van der Waals surface area contributed by atoms with Crippen molar-refractivity contribution in [2.75, 3.05) is 13.6 Å². The Kier molecular flexibility index (Phi) is 7.35. The van der Waals surface area contributed by atoms with Crippen LogP contribution in [0.25, 0.3) is 0 Å². The summed E-state index contributed by atoms with van der Waals surface area (Å²) in [6.45, 7) is 6.89. The highest BCUT2D eigenvalue weighted by Crippen LogP contribution is 2.05. The predicted molar refractivity (Wildman–Crippen MR) is 64.5 cm³/mol. The van der Waals surface area contributed by atoms with Crippen molar-refractivity contribution in [3.63, 3.8) is 0 Å². The van der Waals surface area contributed by atoms with Crippen LogP contribution in [-0.4, -0.2) is 24.8 Å². The third kappa shape index (κ3) is 7.75. The molecule has 0 aliphatic carbocycles. The van der Waals surface area contributed by atoms with Crippen molar-refractivity contribution in [3.05, 3.63) is 12.2 Å². The quantitative estimate of drug-likeness (QED) is 0.381. The van der Waals surface area contributed by atoms with Gasteiger partial charge in [0.25, 0.3) is 0 Å². The molecule has 0 fully saturated rings. The van der Waals surface area contributed by atoms with E-state index in [2.05, 4.69) is 30.2 Å². The van der Waals surface area contributed by atoms with Crippen LogP contribution >= 0.6 is 0 Å². The third-order valence-electron chi connectivity index (χ3n) is 2.04. The fourth-order valence-electron chi connectivity index (χ4n) is 1.29. The number of allylic oxidation sites excluding steroid dienone is 1. The fourth-order valence-corrected chi connectivity index (χ4v) is 1.29. The number of nitrogens with zero attached hydrogens (tertiary/aromatic N) is 3. The standard InChI is InChI=1S/C12H21N3/c1-5-14-15(4)10-12(3)8-6-7-11(2)9-13/h5-6,8,11-12H,7,10H2,1-4H3/b8-6?,14-5+. The summed E-state index contributed by atoms with van der Waals surface area (Å²) in [6, 6.07) is 2.21. The van der Waals surface area contributed by atoms with Crippen LogP contribution in [0.1, 0.15) is 27.2 Å². The second-order valence-corrected chi connectivity index (χ2v) is 3.89. The third-order valence-corrected chi connectivity index (χ3v) is 2.04. The van der Waals surface area contributed by atoms with Gasteiger partial charge in [-0.15, -0.1) is 0 Å². The molecule has 15 heavy (non-hydrogen) atoms. The molecule has 0 amide bonds. The molecule has 0 rings (SSSR count). The van der Waals surface area contributed by atoms with Crippen LogP contribution in [0.4, 0.5) is 0 Å². The zero-order valence-electron chi connectivity index (χ0n) is 10.1. The Morgan fingerprint density at radius 2 is 2.13 bits per heavy atom. The smallest absolute Gasteiger partial charge is 0.0656 e. The van der Waals surface area contributed by atoms with Gasteiger partial charge < -0.3 is 0 Å². The average molecular weight is 207 g/mol. The van der Waals surface area contributed by atoms with Gasteiger partial charge in [-0.1, -0.05) is 19.1 Å². The second kappa shape index (κ2) is 8.05. The fraction of sp³-hybridized carbons (Fsp3) is 0.667. The van der Waals surface area contributed by atoms with E-state index in [4.69, 9.17) is 5.26 Å². The van der Waals surface area contributed by atoms with Crippen molar-refractivity contribution in [2.24, 2.45) is 16.9 Å². The number of nitriles is 1. The Labute approximate surface area is 93.1 Å². The lowest BCUT2D eigenvalue weighted by Gasteiger charge is -2.15. The first-order chi connectivity index (χ1) is 7.10. The minimum absolute atomic E-state index is 0.111. The lowest BCUT2D eigenvalue weighted by atomic mass is 10.1. The molecular formula is C12H21N3. The molecule has 0 heterocycles. The highest BCUT2D eigenvalue weighted by molar-refractivity contribution is 5.52. The van der Waals surface area contributed by atoms with Crippen molar-refractivity contribution in [1.82, 2.24) is 5.01 Å². The Bertz CT molecular complexity index is 250. The summed E-state index contributed by atoms with van der Waals surface area (Å²) in [5.74, 6) is 0.574. The van der Waals surface area contributed by atoms with E-state index in [1.54, 1.807) is 6.21 Å². The zero-order chi connectivity index (χ0) is 11.7. The molecule has 0 aromatic heterocycles. The lowest BCUT2D eigenvalue weighted by Crippen LogP contribution is -2.17. The Balaban J connectivity index is 3.83. The molecule has 0 saturated heterocycles. The highest BCUT2D eigenvalue weighted by Gasteiger charge is 2.00. The topological polar surface area (TPSA) is 39.4 Å². The minimum Gasteiger partial charge on any atom is -0.300 e. The molecule has 0 aliphatic heterocycles. The molecule has 0 radical (unpaired) electrons. The van der Waals surface area contributed by atoms with Gasteiger partial charge in [-0.05, 0) is 26.2 Å². The molecule has 0 spiro atoms. The minimum atomic E-state index is 0.111. The first kappa shape index (κ1) is 13.7. The van der Waals surface area contributed by atoms with E-state index in [0.29, 0.717) is 5.92 Å². The summed E-state index contributed by atoms with van der Waals surface area (Å²) < 4.78 is 0. The number of hydrazone groups is 1. The molecule has 84 valence electrons. The highest BCUT2D eigenvalue weighted by atomic mass is 15.4. The van der Waals surface area contributed by atoms with Crippen molar-refractivity contribution >= 4 is 6.21 Å². The number of hydrogen-bond donors (Lipinski definition) is 0. The van der Waals surface area contributed by atoms with E-state index in [1.165, 1.54) is 0 Å². The van der Waals surface area contributed by atoms with Crippen LogP contribution in [0.2, 0.25) is 0 Å². The van der Waals surface area contributed by atoms with Crippen LogP contribution in [-0.2, 0) is 0 Å². The normalized spacial score (nSPS) is 15.4. The van der Waals surface area contributed by atoms with Gasteiger partial charge in [0.1, 0.15) is 0 Å². The molecule has 0 aliphatic rings. The van der Waals surface area contributed by atoms with Gasteiger partial charge in [-0.25, -0.2) is 0 Å². The summed E-state index contributed by atoms with van der Waals surface area (Å²) in [5, 5.41) is 14.7. The Morgan fingerprint density at radius 1 is 1.47 bits per heavy atom. The van der Waals surface area contributed by atoms with E-state index in [-0.39, 0.29) is 5.92 Å². The van der Waals surface area contributed by atoms with Gasteiger partial charge in [0, 0.05) is 25.7 Å². The van der Waals surface area contributed by atoms with Crippen LogP contribution in [0, 0.1) is 23.2 Å². The Morgan fingerprint density at radius 3 is 2.67 bits per heavy atom. The van der Waals surface area contributed by atoms with Gasteiger partial charge in [0.15, 0.2) is 0 Å². The lowest BCUT2D eigenvalue weighted by molar-refractivity contribution is 0.325. The summed E-state index contributed by atoms with van der Waals surface area (Å²) in [5.41, 5.74) is 0. The van der Waals surface area contributed by atoms with Gasteiger partial charge >= 0.3 is 0 Å². The van der Waals surface area contributed by atoms with Gasteiger partial charge in [-0.3, -0.25) is 5.01 Å². The molecule has 0 N–H and O–H groups in total. The summed E-state index contributed by atoms with van der Waals surface area (Å²) in [7, 11) is 1.96. The molecule has 0 aromatic rings. The average Bonchev–Trinajstić information content (AvgIpc) is 2.17. The molecule has 2 unspecified atom stereocenters. The summed E-state index contributed by atoms with van der Waals surface area (Å²) in [6.07, 6.45) is 6.85. The Hall–Kier alpha value is -1.30. The monoisotopic (exact) mass is 207 g/mol. The largest absolute Gasteiger partial charge is 0.300 e. The van der Waals surface area contributed by atoms with Crippen molar-refractivity contribution in [1.29, 1.82) is 5.26 Å². The molecule has 3 heteroatoms. The molecule has 0 aromatic carbocycles. The van der Waals surface area contributed by atoms with Gasteiger partial charge in [-0.2, -0.15) is 10.4 Å². The number of rotatable bonds is 6. The van der Waals surface area contributed by atoms with Crippen molar-refractivity contribution in [3.8, 4) is 6.07 Å². The van der Waals surface area contributed by atoms with Crippen LogP contribution < -0.4 is 0 Å².